The van der Waals surface area contributed by atoms with Crippen molar-refractivity contribution >= 4 is 0 Å². The summed E-state index contributed by atoms with van der Waals surface area (Å²) in [5.41, 5.74) is 0.132. The molecule has 2 atom stereocenters. The Labute approximate surface area is 112 Å². The van der Waals surface area contributed by atoms with Crippen LogP contribution in [0.4, 0.5) is 0 Å². The van der Waals surface area contributed by atoms with E-state index < -0.39 is 0 Å². The van der Waals surface area contributed by atoms with Crippen LogP contribution in [0.1, 0.15) is 46.0 Å². The molecule has 106 valence electrons. The molecule has 0 saturated carbocycles. The second kappa shape index (κ2) is 6.36. The lowest BCUT2D eigenvalue weighted by atomic mass is 9.76. The Bertz CT molecular complexity index is 243. The summed E-state index contributed by atoms with van der Waals surface area (Å²) in [5.74, 6) is 1.53. The fraction of sp³-hybridized carbons (Fsp3) is 1.00. The van der Waals surface area contributed by atoms with Crippen LogP contribution < -0.4 is 5.32 Å². The third-order valence-corrected chi connectivity index (χ3v) is 4.60. The first-order valence-electron chi connectivity index (χ1n) is 7.54. The van der Waals surface area contributed by atoms with Crippen LogP contribution in [0.25, 0.3) is 0 Å². The predicted molar refractivity (Wildman–Crippen MR) is 73.8 cm³/mol. The van der Waals surface area contributed by atoms with E-state index >= 15 is 0 Å². The van der Waals surface area contributed by atoms with E-state index in [1.54, 1.807) is 0 Å². The van der Waals surface area contributed by atoms with E-state index in [0.717, 1.165) is 44.5 Å². The van der Waals surface area contributed by atoms with Crippen LogP contribution in [-0.4, -0.2) is 38.5 Å². The first-order chi connectivity index (χ1) is 8.65. The van der Waals surface area contributed by atoms with Gasteiger partial charge in [0.05, 0.1) is 5.60 Å². The Morgan fingerprint density at radius 3 is 2.56 bits per heavy atom. The molecule has 0 bridgehead atoms. The number of nitrogens with one attached hydrogen (secondary N) is 1. The van der Waals surface area contributed by atoms with Gasteiger partial charge in [-0.25, -0.2) is 0 Å². The van der Waals surface area contributed by atoms with Crippen molar-refractivity contribution in [3.05, 3.63) is 0 Å². The molecule has 18 heavy (non-hydrogen) atoms. The van der Waals surface area contributed by atoms with Crippen LogP contribution in [0, 0.1) is 11.8 Å². The van der Waals surface area contributed by atoms with Crippen LogP contribution in [0.15, 0.2) is 0 Å². The Morgan fingerprint density at radius 2 is 1.94 bits per heavy atom. The average Bonchev–Trinajstić information content (AvgIpc) is 2.36. The van der Waals surface area contributed by atoms with Crippen LogP contribution in [0.5, 0.6) is 0 Å². The molecule has 1 N–H and O–H groups in total. The molecule has 2 aliphatic heterocycles. The minimum Gasteiger partial charge on any atom is -0.381 e. The van der Waals surface area contributed by atoms with Gasteiger partial charge in [0, 0.05) is 25.9 Å². The summed E-state index contributed by atoms with van der Waals surface area (Å²) in [7, 11) is 2.11. The van der Waals surface area contributed by atoms with Gasteiger partial charge < -0.3 is 14.8 Å². The maximum Gasteiger partial charge on any atom is 0.0729 e. The van der Waals surface area contributed by atoms with Gasteiger partial charge in [-0.2, -0.15) is 0 Å². The molecule has 2 heterocycles. The number of ether oxygens (including phenoxy) is 2. The quantitative estimate of drug-likeness (QED) is 0.837. The summed E-state index contributed by atoms with van der Waals surface area (Å²) in [5, 5.41) is 3.54. The topological polar surface area (TPSA) is 30.5 Å². The van der Waals surface area contributed by atoms with E-state index in [4.69, 9.17) is 9.47 Å². The summed E-state index contributed by atoms with van der Waals surface area (Å²) in [4.78, 5) is 0. The summed E-state index contributed by atoms with van der Waals surface area (Å²) >= 11 is 0. The zero-order valence-corrected chi connectivity index (χ0v) is 12.2. The third kappa shape index (κ3) is 3.46. The molecule has 2 unspecified atom stereocenters. The van der Waals surface area contributed by atoms with Gasteiger partial charge in [-0.05, 0) is 51.0 Å². The molecule has 2 aliphatic rings. The Balaban J connectivity index is 1.96. The first kappa shape index (κ1) is 14.3. The molecule has 0 radical (unpaired) electrons. The highest BCUT2D eigenvalue weighted by Gasteiger charge is 2.40. The van der Waals surface area contributed by atoms with Crippen molar-refractivity contribution in [3.63, 3.8) is 0 Å². The van der Waals surface area contributed by atoms with Crippen molar-refractivity contribution < 1.29 is 9.47 Å². The van der Waals surface area contributed by atoms with E-state index in [2.05, 4.69) is 26.2 Å². The summed E-state index contributed by atoms with van der Waals surface area (Å²) < 4.78 is 11.6. The van der Waals surface area contributed by atoms with Crippen molar-refractivity contribution in [2.75, 3.05) is 26.9 Å². The molecule has 0 aromatic carbocycles. The molecule has 0 aliphatic carbocycles. The van der Waals surface area contributed by atoms with E-state index in [9.17, 15) is 0 Å². The summed E-state index contributed by atoms with van der Waals surface area (Å²) in [6.45, 7) is 7.31. The predicted octanol–water partition coefficient (Wildman–Crippen LogP) is 2.60. The lowest BCUT2D eigenvalue weighted by Gasteiger charge is -2.45. The van der Waals surface area contributed by atoms with Gasteiger partial charge in [-0.3, -0.25) is 0 Å². The monoisotopic (exact) mass is 255 g/mol. The van der Waals surface area contributed by atoms with Crippen LogP contribution in [0.2, 0.25) is 0 Å². The first-order valence-corrected chi connectivity index (χ1v) is 7.54. The van der Waals surface area contributed by atoms with Gasteiger partial charge >= 0.3 is 0 Å². The Morgan fingerprint density at radius 1 is 1.22 bits per heavy atom. The highest BCUT2D eigenvalue weighted by Crippen LogP contribution is 2.39. The maximum atomic E-state index is 6.13. The van der Waals surface area contributed by atoms with Crippen LogP contribution in [-0.2, 0) is 9.47 Å². The largest absolute Gasteiger partial charge is 0.381 e. The molecule has 0 aromatic rings. The normalized spacial score (nSPS) is 29.7. The van der Waals surface area contributed by atoms with Crippen molar-refractivity contribution in [2.24, 2.45) is 11.8 Å². The van der Waals surface area contributed by atoms with Crippen LogP contribution in [0.3, 0.4) is 0 Å². The summed E-state index contributed by atoms with van der Waals surface area (Å²) in [6, 6.07) is 0.647. The van der Waals surface area contributed by atoms with Gasteiger partial charge in [0.2, 0.25) is 0 Å². The summed E-state index contributed by atoms with van der Waals surface area (Å²) in [6.07, 6.45) is 5.87. The van der Waals surface area contributed by atoms with Gasteiger partial charge in [-0.1, -0.05) is 13.8 Å². The highest BCUT2D eigenvalue weighted by atomic mass is 16.5. The maximum absolute atomic E-state index is 6.13. The molecule has 2 fully saturated rings. The number of rotatable bonds is 4. The fourth-order valence-electron chi connectivity index (χ4n) is 3.55. The third-order valence-electron chi connectivity index (χ3n) is 4.60. The Kier molecular flexibility index (Phi) is 5.05. The minimum absolute atomic E-state index is 0.132. The molecular weight excluding hydrogens is 226 g/mol. The van der Waals surface area contributed by atoms with Crippen molar-refractivity contribution in [2.45, 2.75) is 57.6 Å². The zero-order chi connectivity index (χ0) is 13.0. The molecule has 3 nitrogen and oxygen atoms in total. The smallest absolute Gasteiger partial charge is 0.0729 e. The lowest BCUT2D eigenvalue weighted by Crippen LogP contribution is -2.49. The van der Waals surface area contributed by atoms with E-state index in [0.29, 0.717) is 6.04 Å². The second-order valence-electron chi connectivity index (χ2n) is 6.42. The van der Waals surface area contributed by atoms with Gasteiger partial charge in [0.25, 0.3) is 0 Å². The van der Waals surface area contributed by atoms with Gasteiger partial charge in [-0.15, -0.1) is 0 Å². The van der Waals surface area contributed by atoms with E-state index in [1.807, 2.05) is 0 Å². The van der Waals surface area contributed by atoms with Crippen molar-refractivity contribution in [1.82, 2.24) is 5.32 Å². The van der Waals surface area contributed by atoms with E-state index in [-0.39, 0.29) is 5.60 Å². The molecule has 1 spiro atoms. The number of hydrogen-bond acceptors (Lipinski definition) is 3. The second-order valence-corrected chi connectivity index (χ2v) is 6.42. The molecular formula is C15H29NO2. The molecule has 0 amide bonds. The Hall–Kier alpha value is -0.120. The van der Waals surface area contributed by atoms with Crippen molar-refractivity contribution in [1.29, 1.82) is 0 Å². The minimum atomic E-state index is 0.132. The molecule has 2 rings (SSSR count). The highest BCUT2D eigenvalue weighted by molar-refractivity contribution is 4.92. The molecule has 3 heteroatoms. The van der Waals surface area contributed by atoms with Gasteiger partial charge in [0.15, 0.2) is 0 Å². The van der Waals surface area contributed by atoms with Gasteiger partial charge in [0.1, 0.15) is 0 Å². The number of hydrogen-bond donors (Lipinski definition) is 1. The average molecular weight is 255 g/mol. The van der Waals surface area contributed by atoms with Crippen molar-refractivity contribution in [3.8, 4) is 0 Å². The lowest BCUT2D eigenvalue weighted by molar-refractivity contribution is -0.150. The zero-order valence-electron chi connectivity index (χ0n) is 12.2. The SMILES string of the molecule is CNC(CC(C)C)C1CCOC2(CCOCC2)C1. The standard InChI is InChI=1S/C15H29NO2/c1-12(2)10-14(16-3)13-4-7-18-15(11-13)5-8-17-9-6-15/h12-14,16H,4-11H2,1-3H3. The fourth-order valence-corrected chi connectivity index (χ4v) is 3.55. The van der Waals surface area contributed by atoms with Crippen LogP contribution >= 0.6 is 0 Å². The van der Waals surface area contributed by atoms with E-state index in [1.165, 1.54) is 19.3 Å². The molecule has 0 aromatic heterocycles. The molecule has 2 saturated heterocycles.